The van der Waals surface area contributed by atoms with Gasteiger partial charge in [-0.3, -0.25) is 24.6 Å². The molecule has 0 aliphatic carbocycles. The van der Waals surface area contributed by atoms with Crippen LogP contribution in [0.2, 0.25) is 0 Å². The molecular weight excluding hydrogens is 703 g/mol. The average molecular weight is 742 g/mol. The lowest BCUT2D eigenvalue weighted by molar-refractivity contribution is -0.120. The van der Waals surface area contributed by atoms with E-state index in [4.69, 9.17) is 0 Å². The van der Waals surface area contributed by atoms with Crippen molar-refractivity contribution in [3.8, 4) is 5.75 Å². The summed E-state index contributed by atoms with van der Waals surface area (Å²) in [5.41, 5.74) is 1.90. The van der Waals surface area contributed by atoms with Gasteiger partial charge in [-0.1, -0.05) is 18.2 Å². The van der Waals surface area contributed by atoms with Crippen LogP contribution < -0.4 is 20.3 Å². The van der Waals surface area contributed by atoms with Gasteiger partial charge in [0, 0.05) is 51.1 Å². The van der Waals surface area contributed by atoms with Crippen molar-refractivity contribution in [2.45, 2.75) is 62.1 Å². The maximum atomic E-state index is 16.0. The number of carbonyl (C=O) groups excluding carboxylic acids is 2. The highest BCUT2D eigenvalue weighted by atomic mass is 32.2. The second kappa shape index (κ2) is 14.7. The summed E-state index contributed by atoms with van der Waals surface area (Å²) in [7, 11) is -2.06. The number of nitrogens with one attached hydrogen (secondary N) is 2. The number of piperidine rings is 2. The summed E-state index contributed by atoms with van der Waals surface area (Å²) in [5.74, 6) is -0.275. The van der Waals surface area contributed by atoms with Crippen molar-refractivity contribution in [1.29, 1.82) is 0 Å². The number of rotatable bonds is 10. The van der Waals surface area contributed by atoms with Gasteiger partial charge in [-0.15, -0.1) is 0 Å². The molecule has 3 aliphatic heterocycles. The van der Waals surface area contributed by atoms with Gasteiger partial charge in [0.25, 0.3) is 0 Å². The molecule has 0 bridgehead atoms. The third-order valence-electron chi connectivity index (χ3n) is 9.90. The van der Waals surface area contributed by atoms with Crippen LogP contribution >= 0.6 is 0 Å². The number of urea groups is 1. The van der Waals surface area contributed by atoms with Crippen LogP contribution in [-0.4, -0.2) is 94.7 Å². The first kappa shape index (κ1) is 35.6. The number of anilines is 2. The fraction of sp³-hybridized carbons (Fsp3) is 0.441. The van der Waals surface area contributed by atoms with Crippen molar-refractivity contribution in [3.63, 3.8) is 0 Å². The van der Waals surface area contributed by atoms with Crippen molar-refractivity contribution >= 4 is 44.6 Å². The highest BCUT2D eigenvalue weighted by Gasteiger charge is 2.32. The molecule has 5 heterocycles. The Kier molecular flexibility index (Phi) is 10.0. The highest BCUT2D eigenvalue weighted by molar-refractivity contribution is 7.89. The van der Waals surface area contributed by atoms with E-state index in [2.05, 4.69) is 35.3 Å². The predicted octanol–water partition coefficient (Wildman–Crippen LogP) is 4.19. The number of hydrogen-bond donors (Lipinski definition) is 2. The molecule has 7 rings (SSSR count). The number of benzene rings is 2. The van der Waals surface area contributed by atoms with Crippen LogP contribution in [0.15, 0.2) is 53.7 Å². The zero-order chi connectivity index (χ0) is 36.6. The number of amides is 3. The molecule has 2 N–H and O–H groups in total. The van der Waals surface area contributed by atoms with E-state index in [9.17, 15) is 26.8 Å². The Labute approximate surface area is 298 Å². The Bertz CT molecular complexity index is 2050. The largest absolute Gasteiger partial charge is 0.432 e. The van der Waals surface area contributed by atoms with Crippen molar-refractivity contribution in [3.05, 3.63) is 65.7 Å². The Hall–Kier alpha value is -4.81. The number of ether oxygens (including phenoxy) is 1. The number of nitrogens with zero attached hydrogens (tertiary/aromatic N) is 7. The summed E-state index contributed by atoms with van der Waals surface area (Å²) in [5, 5.41) is 10.3. The van der Waals surface area contributed by atoms with E-state index >= 15 is 4.39 Å². The van der Waals surface area contributed by atoms with Gasteiger partial charge in [0.1, 0.15) is 5.52 Å². The molecule has 3 fully saturated rings. The van der Waals surface area contributed by atoms with Crippen LogP contribution in [0.1, 0.15) is 49.1 Å². The predicted molar refractivity (Wildman–Crippen MR) is 184 cm³/mol. The number of aryl methyl sites for hydroxylation is 1. The summed E-state index contributed by atoms with van der Waals surface area (Å²) in [6, 6.07) is 9.86. The van der Waals surface area contributed by atoms with Crippen LogP contribution in [0.25, 0.3) is 10.9 Å². The summed E-state index contributed by atoms with van der Waals surface area (Å²) in [4.78, 5) is 35.9. The second-order valence-corrected chi connectivity index (χ2v) is 15.1. The Balaban J connectivity index is 0.914. The van der Waals surface area contributed by atoms with Crippen molar-refractivity contribution in [2.75, 3.05) is 42.9 Å². The van der Waals surface area contributed by atoms with Gasteiger partial charge >= 0.3 is 12.6 Å². The minimum atomic E-state index is -3.70. The van der Waals surface area contributed by atoms with E-state index in [0.717, 1.165) is 43.9 Å². The fourth-order valence-corrected chi connectivity index (χ4v) is 8.63. The summed E-state index contributed by atoms with van der Waals surface area (Å²) in [6.45, 7) is -0.0723. The SMILES string of the molecule is Cn1nc(N2CCC(=O)NC2=O)c2ccc(C3CCN(Cc4ccc(S(=O)(=O)N5CCC(Nc6ncc(OC(F)F)cn6)CC5)cc4)CC3)c(F)c21. The average Bonchev–Trinajstić information content (AvgIpc) is 3.46. The third-order valence-corrected chi connectivity index (χ3v) is 11.8. The van der Waals surface area contributed by atoms with Crippen molar-refractivity contribution in [2.24, 2.45) is 7.05 Å². The minimum Gasteiger partial charge on any atom is -0.432 e. The number of carbonyl (C=O) groups is 2. The normalized spacial score (nSPS) is 18.7. The first-order chi connectivity index (χ1) is 25.0. The second-order valence-electron chi connectivity index (χ2n) is 13.2. The van der Waals surface area contributed by atoms with E-state index < -0.39 is 22.7 Å². The molecule has 3 saturated heterocycles. The van der Waals surface area contributed by atoms with Crippen LogP contribution in [-0.2, 0) is 28.4 Å². The van der Waals surface area contributed by atoms with Gasteiger partial charge in [-0.2, -0.15) is 18.2 Å². The fourth-order valence-electron chi connectivity index (χ4n) is 7.16. The van der Waals surface area contributed by atoms with Gasteiger partial charge in [0.2, 0.25) is 21.9 Å². The van der Waals surface area contributed by atoms with E-state index in [1.807, 2.05) is 12.1 Å². The van der Waals surface area contributed by atoms with Gasteiger partial charge in [0.05, 0.1) is 17.3 Å². The maximum absolute atomic E-state index is 16.0. The van der Waals surface area contributed by atoms with Gasteiger partial charge in [-0.25, -0.2) is 27.6 Å². The first-order valence-electron chi connectivity index (χ1n) is 17.1. The zero-order valence-corrected chi connectivity index (χ0v) is 29.2. The lowest BCUT2D eigenvalue weighted by Gasteiger charge is -2.32. The topological polar surface area (TPSA) is 155 Å². The maximum Gasteiger partial charge on any atom is 0.387 e. The quantitative estimate of drug-likeness (QED) is 0.242. The molecule has 276 valence electrons. The molecule has 2 aromatic heterocycles. The Morgan fingerprint density at radius 3 is 2.31 bits per heavy atom. The standard InChI is InChI=1S/C34H38F3N9O5S/c1-43-30-27(31(42-43)46-17-12-28(47)41-34(46)48)7-6-26(29(30)35)22-8-13-44(14-9-22)20-21-2-4-25(5-3-21)52(49,50)45-15-10-23(11-16-45)40-33-38-18-24(19-39-33)51-32(36)37/h2-7,18-19,22-23,32H,8-17,20H2,1H3,(H,38,39,40)(H,41,47,48). The number of alkyl halides is 2. The first-order valence-corrected chi connectivity index (χ1v) is 18.5. The van der Waals surface area contributed by atoms with Crippen molar-refractivity contribution in [1.82, 2.24) is 34.3 Å². The van der Waals surface area contributed by atoms with Crippen LogP contribution in [0.3, 0.4) is 0 Å². The summed E-state index contributed by atoms with van der Waals surface area (Å²) < 4.78 is 74.7. The van der Waals surface area contributed by atoms with Gasteiger partial charge in [-0.05, 0) is 74.0 Å². The molecule has 52 heavy (non-hydrogen) atoms. The number of aromatic nitrogens is 4. The minimum absolute atomic E-state index is 0.00220. The van der Waals surface area contributed by atoms with E-state index in [0.29, 0.717) is 54.8 Å². The highest BCUT2D eigenvalue weighted by Crippen LogP contribution is 2.36. The molecule has 4 aromatic rings. The lowest BCUT2D eigenvalue weighted by atomic mass is 9.88. The number of sulfonamides is 1. The van der Waals surface area contributed by atoms with Crippen molar-refractivity contribution < 1.29 is 35.9 Å². The van der Waals surface area contributed by atoms with Crippen LogP contribution in [0, 0.1) is 5.82 Å². The molecule has 0 radical (unpaired) electrons. The van der Waals surface area contributed by atoms with E-state index in [-0.39, 0.29) is 53.2 Å². The third kappa shape index (κ3) is 7.40. The number of halogens is 3. The van der Waals surface area contributed by atoms with E-state index in [1.54, 1.807) is 31.3 Å². The van der Waals surface area contributed by atoms with Gasteiger partial charge < -0.3 is 10.1 Å². The molecular formula is C34H38F3N9O5S. The number of fused-ring (bicyclic) bond motifs is 1. The van der Waals surface area contributed by atoms with Crippen LogP contribution in [0.5, 0.6) is 5.75 Å². The van der Waals surface area contributed by atoms with Gasteiger partial charge in [0.15, 0.2) is 17.4 Å². The smallest absolute Gasteiger partial charge is 0.387 e. The van der Waals surface area contributed by atoms with Crippen LogP contribution in [0.4, 0.5) is 29.7 Å². The molecule has 3 amide bonds. The zero-order valence-electron chi connectivity index (χ0n) is 28.3. The molecule has 18 heteroatoms. The molecule has 3 aliphatic rings. The molecule has 0 atom stereocenters. The number of imide groups is 1. The summed E-state index contributed by atoms with van der Waals surface area (Å²) >= 11 is 0. The molecule has 0 spiro atoms. The number of hydrogen-bond acceptors (Lipinski definition) is 10. The lowest BCUT2D eigenvalue weighted by Crippen LogP contribution is -2.49. The molecule has 14 nitrogen and oxygen atoms in total. The molecule has 0 saturated carbocycles. The Morgan fingerprint density at radius 2 is 1.65 bits per heavy atom. The monoisotopic (exact) mass is 741 g/mol. The summed E-state index contributed by atoms with van der Waals surface area (Å²) in [6.07, 6.45) is 4.98. The number of likely N-dealkylation sites (tertiary alicyclic amines) is 1. The molecule has 0 unspecified atom stereocenters. The Morgan fingerprint density at radius 1 is 0.962 bits per heavy atom. The molecule has 2 aromatic carbocycles. The van der Waals surface area contributed by atoms with E-state index in [1.165, 1.54) is 13.9 Å².